The van der Waals surface area contributed by atoms with E-state index in [1.165, 1.54) is 12.1 Å². The molecule has 3 rings (SSSR count). The first-order valence-corrected chi connectivity index (χ1v) is 6.99. The maximum Gasteiger partial charge on any atom is 0.124 e. The summed E-state index contributed by atoms with van der Waals surface area (Å²) in [6.07, 6.45) is 2.01. The molecule has 0 saturated heterocycles. The van der Waals surface area contributed by atoms with Gasteiger partial charge in [-0.2, -0.15) is 0 Å². The Morgan fingerprint density at radius 1 is 1.16 bits per heavy atom. The molecule has 0 amide bonds. The molecule has 0 atom stereocenters. The summed E-state index contributed by atoms with van der Waals surface area (Å²) in [6.45, 7) is 0.624. The highest BCUT2D eigenvalue weighted by molar-refractivity contribution is 9.10. The zero-order valence-electron chi connectivity index (χ0n) is 9.91. The zero-order chi connectivity index (χ0) is 13.4. The average molecular weight is 339 g/mol. The van der Waals surface area contributed by atoms with E-state index in [2.05, 4.69) is 32.6 Å². The van der Waals surface area contributed by atoms with E-state index in [4.69, 9.17) is 11.6 Å². The fourth-order valence-corrected chi connectivity index (χ4v) is 2.87. The van der Waals surface area contributed by atoms with E-state index < -0.39 is 0 Å². The van der Waals surface area contributed by atoms with Crippen molar-refractivity contribution in [2.45, 2.75) is 6.54 Å². The SMILES string of the molecule is Fc1ccc(Cn2ccc3c(Br)cccc32)c(Cl)c1. The fourth-order valence-electron chi connectivity index (χ4n) is 2.16. The molecule has 2 aromatic carbocycles. The average Bonchev–Trinajstić information content (AvgIpc) is 2.78. The van der Waals surface area contributed by atoms with Gasteiger partial charge in [0.05, 0.1) is 0 Å². The lowest BCUT2D eigenvalue weighted by atomic mass is 10.2. The predicted octanol–water partition coefficient (Wildman–Crippen LogP) is 5.24. The van der Waals surface area contributed by atoms with E-state index >= 15 is 0 Å². The van der Waals surface area contributed by atoms with Crippen molar-refractivity contribution in [2.24, 2.45) is 0 Å². The van der Waals surface area contributed by atoms with Crippen molar-refractivity contribution in [3.05, 3.63) is 69.5 Å². The molecule has 19 heavy (non-hydrogen) atoms. The number of aromatic nitrogens is 1. The summed E-state index contributed by atoms with van der Waals surface area (Å²) < 4.78 is 16.2. The lowest BCUT2D eigenvalue weighted by molar-refractivity contribution is 0.626. The summed E-state index contributed by atoms with van der Waals surface area (Å²) in [6, 6.07) is 12.6. The van der Waals surface area contributed by atoms with Gasteiger partial charge in [-0.25, -0.2) is 4.39 Å². The first-order valence-electron chi connectivity index (χ1n) is 5.82. The van der Waals surface area contributed by atoms with Crippen molar-refractivity contribution in [2.75, 3.05) is 0 Å². The molecule has 1 heterocycles. The van der Waals surface area contributed by atoms with E-state index in [1.54, 1.807) is 6.07 Å². The van der Waals surface area contributed by atoms with E-state index in [0.717, 1.165) is 20.9 Å². The van der Waals surface area contributed by atoms with Gasteiger partial charge in [-0.15, -0.1) is 0 Å². The van der Waals surface area contributed by atoms with Crippen LogP contribution in [-0.2, 0) is 6.54 Å². The molecule has 0 fully saturated rings. The number of benzene rings is 2. The minimum absolute atomic E-state index is 0.311. The monoisotopic (exact) mass is 337 g/mol. The van der Waals surface area contributed by atoms with Gasteiger partial charge in [0.1, 0.15) is 5.82 Å². The summed E-state index contributed by atoms with van der Waals surface area (Å²) in [5, 5.41) is 1.61. The van der Waals surface area contributed by atoms with Gasteiger partial charge in [0, 0.05) is 33.1 Å². The number of rotatable bonds is 2. The Morgan fingerprint density at radius 2 is 2.00 bits per heavy atom. The summed E-state index contributed by atoms with van der Waals surface area (Å²) in [7, 11) is 0. The maximum absolute atomic E-state index is 13.0. The highest BCUT2D eigenvalue weighted by atomic mass is 79.9. The normalized spacial score (nSPS) is 11.1. The van der Waals surface area contributed by atoms with Crippen LogP contribution in [0, 0.1) is 5.82 Å². The Hall–Kier alpha value is -1.32. The minimum Gasteiger partial charge on any atom is -0.343 e. The first kappa shape index (κ1) is 12.7. The lowest BCUT2D eigenvalue weighted by Gasteiger charge is -2.08. The van der Waals surface area contributed by atoms with Crippen LogP contribution in [0.3, 0.4) is 0 Å². The highest BCUT2D eigenvalue weighted by Gasteiger charge is 2.07. The topological polar surface area (TPSA) is 4.93 Å². The molecule has 0 aliphatic heterocycles. The van der Waals surface area contributed by atoms with Gasteiger partial charge in [-0.05, 0) is 35.9 Å². The third-order valence-electron chi connectivity index (χ3n) is 3.12. The number of hydrogen-bond acceptors (Lipinski definition) is 0. The van der Waals surface area contributed by atoms with Gasteiger partial charge in [0.2, 0.25) is 0 Å². The standard InChI is InChI=1S/C15H10BrClFN/c16-13-2-1-3-15-12(13)6-7-19(15)9-10-4-5-11(18)8-14(10)17/h1-8H,9H2. The smallest absolute Gasteiger partial charge is 0.124 e. The second-order valence-corrected chi connectivity index (χ2v) is 5.61. The Kier molecular flexibility index (Phi) is 3.33. The molecule has 0 bridgehead atoms. The third kappa shape index (κ3) is 2.40. The van der Waals surface area contributed by atoms with E-state index in [0.29, 0.717) is 11.6 Å². The van der Waals surface area contributed by atoms with Crippen molar-refractivity contribution < 1.29 is 4.39 Å². The number of halogens is 3. The van der Waals surface area contributed by atoms with Gasteiger partial charge in [-0.3, -0.25) is 0 Å². The highest BCUT2D eigenvalue weighted by Crippen LogP contribution is 2.26. The third-order valence-corrected chi connectivity index (χ3v) is 4.16. The molecule has 0 aliphatic rings. The molecular weight excluding hydrogens is 329 g/mol. The molecule has 1 nitrogen and oxygen atoms in total. The Bertz CT molecular complexity index is 751. The van der Waals surface area contributed by atoms with E-state index in [-0.39, 0.29) is 5.82 Å². The molecule has 96 valence electrons. The van der Waals surface area contributed by atoms with Crippen LogP contribution in [0.15, 0.2) is 53.1 Å². The second kappa shape index (κ2) is 4.99. The maximum atomic E-state index is 13.0. The van der Waals surface area contributed by atoms with Crippen LogP contribution in [0.25, 0.3) is 10.9 Å². The van der Waals surface area contributed by atoms with Crippen LogP contribution in [0.5, 0.6) is 0 Å². The predicted molar refractivity (Wildman–Crippen MR) is 80.2 cm³/mol. The van der Waals surface area contributed by atoms with Crippen molar-refractivity contribution in [1.29, 1.82) is 0 Å². The summed E-state index contributed by atoms with van der Waals surface area (Å²) in [5.74, 6) is -0.311. The number of nitrogens with zero attached hydrogens (tertiary/aromatic N) is 1. The zero-order valence-corrected chi connectivity index (χ0v) is 12.2. The molecule has 0 spiro atoms. The van der Waals surface area contributed by atoms with Crippen LogP contribution >= 0.6 is 27.5 Å². The molecule has 0 N–H and O–H groups in total. The quantitative estimate of drug-likeness (QED) is 0.602. The first-order chi connectivity index (χ1) is 9.15. The second-order valence-electron chi connectivity index (χ2n) is 4.35. The molecule has 0 radical (unpaired) electrons. The number of fused-ring (bicyclic) bond motifs is 1. The number of hydrogen-bond donors (Lipinski definition) is 0. The molecule has 0 saturated carbocycles. The van der Waals surface area contributed by atoms with Crippen molar-refractivity contribution in [3.8, 4) is 0 Å². The van der Waals surface area contributed by atoms with Gasteiger partial charge in [0.15, 0.2) is 0 Å². The van der Waals surface area contributed by atoms with Gasteiger partial charge < -0.3 is 4.57 Å². The van der Waals surface area contributed by atoms with Crippen LogP contribution < -0.4 is 0 Å². The van der Waals surface area contributed by atoms with Gasteiger partial charge in [-0.1, -0.05) is 39.7 Å². The van der Waals surface area contributed by atoms with Crippen LogP contribution in [0.4, 0.5) is 4.39 Å². The van der Waals surface area contributed by atoms with E-state index in [1.807, 2.05) is 18.3 Å². The summed E-state index contributed by atoms with van der Waals surface area (Å²) >= 11 is 9.60. The molecule has 4 heteroatoms. The van der Waals surface area contributed by atoms with Crippen LogP contribution in [0.1, 0.15) is 5.56 Å². The van der Waals surface area contributed by atoms with Gasteiger partial charge >= 0.3 is 0 Å². The molecule has 0 aliphatic carbocycles. The van der Waals surface area contributed by atoms with E-state index in [9.17, 15) is 4.39 Å². The minimum atomic E-state index is -0.311. The van der Waals surface area contributed by atoms with Crippen molar-refractivity contribution in [1.82, 2.24) is 4.57 Å². The van der Waals surface area contributed by atoms with Gasteiger partial charge in [0.25, 0.3) is 0 Å². The lowest BCUT2D eigenvalue weighted by Crippen LogP contribution is -1.98. The molecular formula is C15H10BrClFN. The van der Waals surface area contributed by atoms with Crippen molar-refractivity contribution in [3.63, 3.8) is 0 Å². The Balaban J connectivity index is 2.04. The molecule has 3 aromatic rings. The summed E-state index contributed by atoms with van der Waals surface area (Å²) in [4.78, 5) is 0. The fraction of sp³-hybridized carbons (Fsp3) is 0.0667. The molecule has 1 aromatic heterocycles. The Morgan fingerprint density at radius 3 is 2.79 bits per heavy atom. The molecule has 0 unspecified atom stereocenters. The Labute approximate surface area is 123 Å². The summed E-state index contributed by atoms with van der Waals surface area (Å²) in [5.41, 5.74) is 2.02. The largest absolute Gasteiger partial charge is 0.343 e. The van der Waals surface area contributed by atoms with Crippen LogP contribution in [-0.4, -0.2) is 4.57 Å². The van der Waals surface area contributed by atoms with Crippen molar-refractivity contribution >= 4 is 38.4 Å². The van der Waals surface area contributed by atoms with Crippen LogP contribution in [0.2, 0.25) is 5.02 Å².